The highest BCUT2D eigenvalue weighted by Gasteiger charge is 2.31. The van der Waals surface area contributed by atoms with Gasteiger partial charge in [-0.1, -0.05) is 0 Å². The van der Waals surface area contributed by atoms with E-state index >= 15 is 0 Å². The number of methoxy groups -OCH3 is 1. The van der Waals surface area contributed by atoms with E-state index < -0.39 is 5.97 Å². The van der Waals surface area contributed by atoms with Crippen molar-refractivity contribution in [2.24, 2.45) is 7.05 Å². The number of aryl methyl sites for hydroxylation is 1. The average molecular weight is 267 g/mol. The number of carboxylic acid groups (broad SMARTS) is 1. The second kappa shape index (κ2) is 5.30. The van der Waals surface area contributed by atoms with Crippen molar-refractivity contribution in [2.75, 3.05) is 20.2 Å². The van der Waals surface area contributed by atoms with E-state index in [0.717, 1.165) is 31.6 Å². The SMILES string of the molecule is COC1(C)CCCN(Cc2c(C(=O)O)cnn2C)C1. The summed E-state index contributed by atoms with van der Waals surface area (Å²) in [5, 5.41) is 13.2. The molecule has 1 aromatic rings. The van der Waals surface area contributed by atoms with E-state index in [1.807, 2.05) is 0 Å². The number of piperidine rings is 1. The first kappa shape index (κ1) is 14.0. The quantitative estimate of drug-likeness (QED) is 0.885. The Morgan fingerprint density at radius 1 is 1.63 bits per heavy atom. The molecule has 19 heavy (non-hydrogen) atoms. The third-order valence-corrected chi connectivity index (χ3v) is 3.90. The van der Waals surface area contributed by atoms with Crippen molar-refractivity contribution < 1.29 is 14.6 Å². The number of aromatic carboxylic acids is 1. The van der Waals surface area contributed by atoms with E-state index in [1.54, 1.807) is 18.8 Å². The largest absolute Gasteiger partial charge is 0.478 e. The Morgan fingerprint density at radius 2 is 2.37 bits per heavy atom. The Labute approximate surface area is 113 Å². The van der Waals surface area contributed by atoms with Gasteiger partial charge >= 0.3 is 5.97 Å². The molecule has 2 heterocycles. The molecule has 1 N–H and O–H groups in total. The van der Waals surface area contributed by atoms with Crippen LogP contribution in [0.5, 0.6) is 0 Å². The van der Waals surface area contributed by atoms with Crippen molar-refractivity contribution in [2.45, 2.75) is 31.9 Å². The number of carbonyl (C=O) groups is 1. The van der Waals surface area contributed by atoms with Crippen molar-refractivity contribution in [3.05, 3.63) is 17.5 Å². The van der Waals surface area contributed by atoms with Gasteiger partial charge in [0, 0.05) is 27.2 Å². The van der Waals surface area contributed by atoms with Crippen LogP contribution in [0.25, 0.3) is 0 Å². The van der Waals surface area contributed by atoms with Crippen LogP contribution in [-0.2, 0) is 18.3 Å². The molecule has 0 radical (unpaired) electrons. The summed E-state index contributed by atoms with van der Waals surface area (Å²) in [6.07, 6.45) is 3.51. The molecule has 6 nitrogen and oxygen atoms in total. The molecule has 1 unspecified atom stereocenters. The van der Waals surface area contributed by atoms with E-state index in [0.29, 0.717) is 6.54 Å². The number of ether oxygens (including phenoxy) is 1. The van der Waals surface area contributed by atoms with Gasteiger partial charge in [0.05, 0.1) is 17.5 Å². The lowest BCUT2D eigenvalue weighted by Crippen LogP contribution is -2.47. The summed E-state index contributed by atoms with van der Waals surface area (Å²) in [6.45, 7) is 4.47. The van der Waals surface area contributed by atoms with Gasteiger partial charge in [-0.25, -0.2) is 4.79 Å². The smallest absolute Gasteiger partial charge is 0.339 e. The van der Waals surface area contributed by atoms with E-state index in [2.05, 4.69) is 16.9 Å². The minimum atomic E-state index is -0.922. The molecule has 1 aliphatic heterocycles. The zero-order valence-corrected chi connectivity index (χ0v) is 11.7. The van der Waals surface area contributed by atoms with E-state index in [9.17, 15) is 4.79 Å². The van der Waals surface area contributed by atoms with Crippen LogP contribution in [0.3, 0.4) is 0 Å². The van der Waals surface area contributed by atoms with Gasteiger partial charge in [-0.15, -0.1) is 0 Å². The van der Waals surface area contributed by atoms with Crippen molar-refractivity contribution in [1.29, 1.82) is 0 Å². The van der Waals surface area contributed by atoms with E-state index in [-0.39, 0.29) is 11.2 Å². The molecular formula is C13H21N3O3. The molecule has 2 rings (SSSR count). The lowest BCUT2D eigenvalue weighted by Gasteiger charge is -2.39. The summed E-state index contributed by atoms with van der Waals surface area (Å²) in [5.74, 6) is -0.922. The maximum atomic E-state index is 11.2. The van der Waals surface area contributed by atoms with Crippen LogP contribution in [0.15, 0.2) is 6.20 Å². The Bertz CT molecular complexity index is 472. The van der Waals surface area contributed by atoms with Crippen LogP contribution in [0.4, 0.5) is 0 Å². The fourth-order valence-electron chi connectivity index (χ4n) is 2.65. The molecule has 1 aromatic heterocycles. The van der Waals surface area contributed by atoms with Gasteiger partial charge in [0.1, 0.15) is 5.56 Å². The summed E-state index contributed by atoms with van der Waals surface area (Å²) in [5.41, 5.74) is 0.889. The molecule has 6 heteroatoms. The predicted octanol–water partition coefficient (Wildman–Crippen LogP) is 1.12. The van der Waals surface area contributed by atoms with Crippen molar-refractivity contribution in [3.63, 3.8) is 0 Å². The Balaban J connectivity index is 2.13. The zero-order chi connectivity index (χ0) is 14.0. The number of hydrogen-bond acceptors (Lipinski definition) is 4. The Hall–Kier alpha value is -1.40. The number of hydrogen-bond donors (Lipinski definition) is 1. The lowest BCUT2D eigenvalue weighted by atomic mass is 9.94. The third-order valence-electron chi connectivity index (χ3n) is 3.90. The highest BCUT2D eigenvalue weighted by atomic mass is 16.5. The number of carboxylic acids is 1. The first-order valence-electron chi connectivity index (χ1n) is 6.47. The zero-order valence-electron chi connectivity index (χ0n) is 11.7. The molecule has 1 atom stereocenters. The lowest BCUT2D eigenvalue weighted by molar-refractivity contribution is -0.0531. The number of likely N-dealkylation sites (tertiary alicyclic amines) is 1. The van der Waals surface area contributed by atoms with Crippen LogP contribution in [-0.4, -0.2) is 51.6 Å². The first-order valence-corrected chi connectivity index (χ1v) is 6.47. The molecule has 1 saturated heterocycles. The molecule has 0 amide bonds. The molecule has 0 aromatic carbocycles. The highest BCUT2D eigenvalue weighted by Crippen LogP contribution is 2.25. The third kappa shape index (κ3) is 2.96. The molecular weight excluding hydrogens is 246 g/mol. The minimum Gasteiger partial charge on any atom is -0.478 e. The molecule has 0 bridgehead atoms. The monoisotopic (exact) mass is 267 g/mol. The summed E-state index contributed by atoms with van der Waals surface area (Å²) < 4.78 is 7.20. The standard InChI is InChI=1S/C13H21N3O3/c1-13(19-3)5-4-6-16(9-13)8-11-10(12(17)18)7-14-15(11)2/h7H,4-6,8-9H2,1-3H3,(H,17,18). The molecule has 106 valence electrons. The van der Waals surface area contributed by atoms with Gasteiger partial charge in [-0.05, 0) is 26.3 Å². The molecule has 0 aliphatic carbocycles. The average Bonchev–Trinajstić information content (AvgIpc) is 2.71. The van der Waals surface area contributed by atoms with Gasteiger partial charge in [-0.3, -0.25) is 9.58 Å². The van der Waals surface area contributed by atoms with Gasteiger partial charge in [0.2, 0.25) is 0 Å². The predicted molar refractivity (Wildman–Crippen MR) is 70.1 cm³/mol. The topological polar surface area (TPSA) is 67.6 Å². The molecule has 1 fully saturated rings. The van der Waals surface area contributed by atoms with Crippen LogP contribution in [0.1, 0.15) is 35.8 Å². The van der Waals surface area contributed by atoms with Crippen molar-refractivity contribution >= 4 is 5.97 Å². The maximum absolute atomic E-state index is 11.2. The Kier molecular flexibility index (Phi) is 3.91. The van der Waals surface area contributed by atoms with Gasteiger partial charge in [0.25, 0.3) is 0 Å². The fourth-order valence-corrected chi connectivity index (χ4v) is 2.65. The van der Waals surface area contributed by atoms with Crippen LogP contribution >= 0.6 is 0 Å². The van der Waals surface area contributed by atoms with E-state index in [4.69, 9.17) is 9.84 Å². The maximum Gasteiger partial charge on any atom is 0.339 e. The van der Waals surface area contributed by atoms with Gasteiger partial charge in [0.15, 0.2) is 0 Å². The summed E-state index contributed by atoms with van der Waals surface area (Å²) in [6, 6.07) is 0. The van der Waals surface area contributed by atoms with Gasteiger partial charge < -0.3 is 9.84 Å². The van der Waals surface area contributed by atoms with Crippen molar-refractivity contribution in [1.82, 2.24) is 14.7 Å². The fraction of sp³-hybridized carbons (Fsp3) is 0.692. The molecule has 1 aliphatic rings. The number of aromatic nitrogens is 2. The van der Waals surface area contributed by atoms with Crippen LogP contribution < -0.4 is 0 Å². The Morgan fingerprint density at radius 3 is 3.00 bits per heavy atom. The second-order valence-electron chi connectivity index (χ2n) is 5.40. The van der Waals surface area contributed by atoms with Gasteiger partial charge in [-0.2, -0.15) is 5.10 Å². The summed E-state index contributed by atoms with van der Waals surface area (Å²) in [4.78, 5) is 13.4. The van der Waals surface area contributed by atoms with Crippen molar-refractivity contribution in [3.8, 4) is 0 Å². The summed E-state index contributed by atoms with van der Waals surface area (Å²) in [7, 11) is 3.51. The van der Waals surface area contributed by atoms with Crippen LogP contribution in [0, 0.1) is 0 Å². The highest BCUT2D eigenvalue weighted by molar-refractivity contribution is 5.88. The normalized spacial score (nSPS) is 24.6. The first-order chi connectivity index (χ1) is 8.95. The minimum absolute atomic E-state index is 0.139. The molecule has 0 spiro atoms. The van der Waals surface area contributed by atoms with Crippen LogP contribution in [0.2, 0.25) is 0 Å². The van der Waals surface area contributed by atoms with E-state index in [1.165, 1.54) is 6.20 Å². The second-order valence-corrected chi connectivity index (χ2v) is 5.40. The summed E-state index contributed by atoms with van der Waals surface area (Å²) >= 11 is 0. The molecule has 0 saturated carbocycles. The number of nitrogens with zero attached hydrogens (tertiary/aromatic N) is 3. The number of rotatable bonds is 4.